The van der Waals surface area contributed by atoms with Crippen molar-refractivity contribution in [2.45, 2.75) is 20.0 Å². The molecule has 2 amide bonds. The van der Waals surface area contributed by atoms with E-state index in [1.54, 1.807) is 31.2 Å². The Balaban J connectivity index is 2.03. The zero-order valence-electron chi connectivity index (χ0n) is 13.4. The van der Waals surface area contributed by atoms with Crippen LogP contribution >= 0.6 is 11.3 Å². The Morgan fingerprint density at radius 1 is 1.54 bits per heavy atom. The van der Waals surface area contributed by atoms with E-state index in [1.807, 2.05) is 6.92 Å². The zero-order chi connectivity index (χ0) is 17.5. The van der Waals surface area contributed by atoms with Crippen molar-refractivity contribution in [1.82, 2.24) is 9.88 Å². The number of nitrogens with zero attached hydrogens (tertiary/aromatic N) is 3. The van der Waals surface area contributed by atoms with E-state index in [0.717, 1.165) is 11.3 Å². The first-order chi connectivity index (χ1) is 11.5. The maximum absolute atomic E-state index is 12.1. The zero-order valence-corrected chi connectivity index (χ0v) is 14.2. The molecule has 24 heavy (non-hydrogen) atoms. The van der Waals surface area contributed by atoms with Crippen LogP contribution in [0.3, 0.4) is 0 Å². The molecule has 1 aromatic heterocycles. The molecule has 0 saturated carbocycles. The predicted octanol–water partition coefficient (Wildman–Crippen LogP) is 3.04. The minimum atomic E-state index is -0.603. The normalized spacial score (nSPS) is 11.4. The van der Waals surface area contributed by atoms with Gasteiger partial charge in [-0.1, -0.05) is 23.5 Å². The number of benzene rings is 1. The largest absolute Gasteiger partial charge is 0.444 e. The fourth-order valence-corrected chi connectivity index (χ4v) is 2.64. The number of urea groups is 1. The van der Waals surface area contributed by atoms with Crippen LogP contribution in [-0.2, 0) is 0 Å². The summed E-state index contributed by atoms with van der Waals surface area (Å²) < 4.78 is 5.64. The summed E-state index contributed by atoms with van der Waals surface area (Å²) in [6.45, 7) is 4.17. The molecule has 0 fully saturated rings. The molecule has 0 saturated heterocycles. The van der Waals surface area contributed by atoms with Gasteiger partial charge in [-0.25, -0.2) is 9.78 Å². The average molecular weight is 346 g/mol. The molecule has 0 bridgehead atoms. The van der Waals surface area contributed by atoms with Crippen LogP contribution in [-0.4, -0.2) is 40.2 Å². The molecule has 2 aromatic rings. The molecule has 1 aromatic carbocycles. The number of anilines is 1. The molecule has 2 N–H and O–H groups in total. The number of likely N-dealkylation sites (N-methyl/N-ethyl adjacent to an activating group) is 1. The fraction of sp³-hybridized carbons (Fsp3) is 0.312. The highest BCUT2D eigenvalue weighted by Crippen LogP contribution is 2.31. The van der Waals surface area contributed by atoms with Crippen LogP contribution in [0.25, 0.3) is 0 Å². The van der Waals surface area contributed by atoms with Gasteiger partial charge in [0.15, 0.2) is 5.13 Å². The van der Waals surface area contributed by atoms with Gasteiger partial charge in [-0.2, -0.15) is 5.26 Å². The minimum absolute atomic E-state index is 0.243. The Morgan fingerprint density at radius 3 is 2.96 bits per heavy atom. The second-order valence-corrected chi connectivity index (χ2v) is 6.01. The quantitative estimate of drug-likeness (QED) is 0.837. The number of nitriles is 1. The number of aliphatic hydroxyl groups is 1. The number of aromatic nitrogens is 1. The Hall–Kier alpha value is -2.63. The molecule has 0 unspecified atom stereocenters. The van der Waals surface area contributed by atoms with Gasteiger partial charge in [-0.3, -0.25) is 5.32 Å². The Kier molecular flexibility index (Phi) is 6.12. The van der Waals surface area contributed by atoms with Gasteiger partial charge in [0.2, 0.25) is 5.06 Å². The summed E-state index contributed by atoms with van der Waals surface area (Å²) in [5.74, 6) is 0.436. The number of aliphatic hydroxyl groups excluding tert-OH is 1. The van der Waals surface area contributed by atoms with Crippen molar-refractivity contribution in [2.24, 2.45) is 0 Å². The second kappa shape index (κ2) is 8.29. The van der Waals surface area contributed by atoms with Crippen LogP contribution in [0.2, 0.25) is 0 Å². The number of carbonyl (C=O) groups excluding carboxylic acids is 1. The first kappa shape index (κ1) is 17.7. The minimum Gasteiger partial charge on any atom is -0.444 e. The highest BCUT2D eigenvalue weighted by atomic mass is 32.1. The monoisotopic (exact) mass is 346 g/mol. The fourth-order valence-electron chi connectivity index (χ4n) is 1.97. The van der Waals surface area contributed by atoms with E-state index in [0.29, 0.717) is 28.1 Å². The molecule has 0 aliphatic heterocycles. The summed E-state index contributed by atoms with van der Waals surface area (Å²) in [6.07, 6.45) is 0.882. The molecular weight excluding hydrogens is 328 g/mol. The van der Waals surface area contributed by atoms with Gasteiger partial charge in [0.25, 0.3) is 0 Å². The number of rotatable bonds is 6. The molecule has 1 heterocycles. The maximum Gasteiger partial charge on any atom is 0.323 e. The van der Waals surface area contributed by atoms with Gasteiger partial charge < -0.3 is 14.7 Å². The summed E-state index contributed by atoms with van der Waals surface area (Å²) in [4.78, 5) is 17.7. The van der Waals surface area contributed by atoms with Crippen LogP contribution in [0, 0.1) is 11.3 Å². The molecule has 7 nitrogen and oxygen atoms in total. The van der Waals surface area contributed by atoms with Gasteiger partial charge in [-0.15, -0.1) is 0 Å². The van der Waals surface area contributed by atoms with Crippen molar-refractivity contribution in [2.75, 3.05) is 18.4 Å². The number of amides is 2. The molecular formula is C16H18N4O3S. The smallest absolute Gasteiger partial charge is 0.323 e. The molecule has 0 aliphatic rings. The highest BCUT2D eigenvalue weighted by Gasteiger charge is 2.16. The summed E-state index contributed by atoms with van der Waals surface area (Å²) in [5, 5.41) is 22.0. The maximum atomic E-state index is 12.1. The summed E-state index contributed by atoms with van der Waals surface area (Å²) >= 11 is 1.16. The lowest BCUT2D eigenvalue weighted by atomic mass is 10.2. The topological polar surface area (TPSA) is 98.5 Å². The van der Waals surface area contributed by atoms with Gasteiger partial charge in [0.1, 0.15) is 11.8 Å². The number of hydrogen-bond acceptors (Lipinski definition) is 6. The predicted molar refractivity (Wildman–Crippen MR) is 91.3 cm³/mol. The van der Waals surface area contributed by atoms with Gasteiger partial charge in [-0.05, 0) is 26.0 Å². The van der Waals surface area contributed by atoms with Crippen molar-refractivity contribution in [3.05, 3.63) is 36.0 Å². The third kappa shape index (κ3) is 4.68. The van der Waals surface area contributed by atoms with Gasteiger partial charge in [0.05, 0.1) is 17.9 Å². The van der Waals surface area contributed by atoms with E-state index in [2.05, 4.69) is 16.4 Å². The lowest BCUT2D eigenvalue weighted by molar-refractivity contribution is 0.141. The van der Waals surface area contributed by atoms with E-state index < -0.39 is 6.10 Å². The third-order valence-corrected chi connectivity index (χ3v) is 3.86. The van der Waals surface area contributed by atoms with Crippen molar-refractivity contribution in [3.8, 4) is 16.9 Å². The number of carbonyl (C=O) groups is 1. The first-order valence-electron chi connectivity index (χ1n) is 7.40. The first-order valence-corrected chi connectivity index (χ1v) is 8.22. The van der Waals surface area contributed by atoms with Crippen LogP contribution in [0.4, 0.5) is 9.93 Å². The third-order valence-electron chi connectivity index (χ3n) is 3.07. The number of para-hydroxylation sites is 1. The van der Waals surface area contributed by atoms with E-state index in [9.17, 15) is 9.90 Å². The van der Waals surface area contributed by atoms with E-state index in [1.165, 1.54) is 11.1 Å². The van der Waals surface area contributed by atoms with Crippen molar-refractivity contribution in [3.63, 3.8) is 0 Å². The number of nitrogens with one attached hydrogen (secondary N) is 1. The molecule has 0 aliphatic carbocycles. The van der Waals surface area contributed by atoms with Crippen molar-refractivity contribution >= 4 is 22.5 Å². The van der Waals surface area contributed by atoms with E-state index >= 15 is 0 Å². The van der Waals surface area contributed by atoms with Gasteiger partial charge >= 0.3 is 6.03 Å². The molecule has 8 heteroatoms. The Bertz CT molecular complexity index is 739. The standard InChI is InChI=1S/C16H18N4O3S/c1-3-20(10-11(2)21)16(22)19-15-18-9-14(24-15)23-13-7-5-4-6-12(13)8-17/h4-7,9,11,21H,3,10H2,1-2H3,(H,18,19,22)/t11-/m0/s1. The van der Waals surface area contributed by atoms with E-state index in [4.69, 9.17) is 10.00 Å². The number of ether oxygens (including phenoxy) is 1. The number of hydrogen-bond donors (Lipinski definition) is 2. The molecule has 0 radical (unpaired) electrons. The van der Waals surface area contributed by atoms with Crippen LogP contribution in [0.15, 0.2) is 30.5 Å². The lowest BCUT2D eigenvalue weighted by Gasteiger charge is -2.21. The van der Waals surface area contributed by atoms with Crippen molar-refractivity contribution < 1.29 is 14.6 Å². The van der Waals surface area contributed by atoms with E-state index in [-0.39, 0.29) is 12.6 Å². The molecule has 126 valence electrons. The van der Waals surface area contributed by atoms with Crippen LogP contribution in [0.1, 0.15) is 19.4 Å². The van der Waals surface area contributed by atoms with Crippen LogP contribution in [0.5, 0.6) is 10.8 Å². The number of thiazole rings is 1. The summed E-state index contributed by atoms with van der Waals surface area (Å²) in [6, 6.07) is 8.60. The molecule has 1 atom stereocenters. The highest BCUT2D eigenvalue weighted by molar-refractivity contribution is 7.17. The van der Waals surface area contributed by atoms with Crippen LogP contribution < -0.4 is 10.1 Å². The molecule has 0 spiro atoms. The summed E-state index contributed by atoms with van der Waals surface area (Å²) in [5.41, 5.74) is 0.422. The second-order valence-electron chi connectivity index (χ2n) is 5.01. The average Bonchev–Trinajstić information content (AvgIpc) is 2.99. The Labute approximate surface area is 144 Å². The Morgan fingerprint density at radius 2 is 2.29 bits per heavy atom. The summed E-state index contributed by atoms with van der Waals surface area (Å²) in [7, 11) is 0. The SMILES string of the molecule is CCN(C[C@H](C)O)C(=O)Nc1ncc(Oc2ccccc2C#N)s1. The van der Waals surface area contributed by atoms with Crippen molar-refractivity contribution in [1.29, 1.82) is 5.26 Å². The lowest BCUT2D eigenvalue weighted by Crippen LogP contribution is -2.39. The molecule has 2 rings (SSSR count). The van der Waals surface area contributed by atoms with Gasteiger partial charge in [0, 0.05) is 13.1 Å².